The Kier molecular flexibility index (Phi) is 7.57. The Bertz CT molecular complexity index is 725. The Morgan fingerprint density at radius 1 is 1.19 bits per heavy atom. The van der Waals surface area contributed by atoms with Crippen molar-refractivity contribution in [3.63, 3.8) is 0 Å². The number of carbonyl (C=O) groups excluding carboxylic acids is 1. The zero-order chi connectivity index (χ0) is 17.6. The molecule has 1 aliphatic rings. The lowest BCUT2D eigenvalue weighted by molar-refractivity contribution is -0.136. The molecular formula is C19H22Cl2N2O3. The molecule has 1 amide bonds. The number of nitrogens with one attached hydrogen (secondary N) is 1. The third-order valence-corrected chi connectivity index (χ3v) is 4.59. The van der Waals surface area contributed by atoms with Crippen LogP contribution in [-0.2, 0) is 4.79 Å². The van der Waals surface area contributed by atoms with Crippen LogP contribution in [0, 0.1) is 0 Å². The van der Waals surface area contributed by atoms with Crippen molar-refractivity contribution in [2.75, 3.05) is 33.4 Å². The van der Waals surface area contributed by atoms with Crippen LogP contribution in [0.2, 0.25) is 5.02 Å². The van der Waals surface area contributed by atoms with Gasteiger partial charge in [0.2, 0.25) is 0 Å². The van der Waals surface area contributed by atoms with Crippen molar-refractivity contribution in [2.24, 2.45) is 0 Å². The van der Waals surface area contributed by atoms with Crippen LogP contribution in [0.25, 0.3) is 0 Å². The molecule has 0 spiro atoms. The minimum Gasteiger partial charge on any atom is -0.497 e. The maximum absolute atomic E-state index is 12.7. The molecular weight excluding hydrogens is 375 g/mol. The Labute approximate surface area is 164 Å². The molecule has 0 bridgehead atoms. The second-order valence-electron chi connectivity index (χ2n) is 5.79. The number of amides is 1. The second kappa shape index (κ2) is 9.67. The Morgan fingerprint density at radius 2 is 1.88 bits per heavy atom. The quantitative estimate of drug-likeness (QED) is 0.841. The summed E-state index contributed by atoms with van der Waals surface area (Å²) in [5, 5.41) is 4.00. The van der Waals surface area contributed by atoms with Crippen molar-refractivity contribution < 1.29 is 14.3 Å². The first-order valence-corrected chi connectivity index (χ1v) is 8.58. The van der Waals surface area contributed by atoms with Crippen LogP contribution in [0.5, 0.6) is 11.5 Å². The highest BCUT2D eigenvalue weighted by atomic mass is 35.5. The molecule has 3 rings (SSSR count). The van der Waals surface area contributed by atoms with Crippen molar-refractivity contribution in [1.29, 1.82) is 0 Å². The fraction of sp³-hybridized carbons (Fsp3) is 0.316. The lowest BCUT2D eigenvalue weighted by Crippen LogP contribution is -2.50. The van der Waals surface area contributed by atoms with Gasteiger partial charge in [0.05, 0.1) is 13.2 Å². The first-order chi connectivity index (χ1) is 12.2. The van der Waals surface area contributed by atoms with E-state index in [2.05, 4.69) is 5.32 Å². The average molecular weight is 397 g/mol. The van der Waals surface area contributed by atoms with Gasteiger partial charge in [-0.05, 0) is 35.9 Å². The van der Waals surface area contributed by atoms with Gasteiger partial charge in [-0.2, -0.15) is 0 Å². The van der Waals surface area contributed by atoms with Crippen molar-refractivity contribution in [2.45, 2.75) is 6.04 Å². The van der Waals surface area contributed by atoms with E-state index in [1.54, 1.807) is 31.4 Å². The molecule has 0 saturated carbocycles. The molecule has 1 fully saturated rings. The Hall–Kier alpha value is -1.95. The lowest BCUT2D eigenvalue weighted by atomic mass is 10.0. The molecule has 1 unspecified atom stereocenters. The molecule has 2 aromatic carbocycles. The minimum atomic E-state index is -0.0885. The number of rotatable bonds is 5. The number of hydrogen-bond donors (Lipinski definition) is 1. The predicted octanol–water partition coefficient (Wildman–Crippen LogP) is 3.32. The molecule has 1 heterocycles. The minimum absolute atomic E-state index is 0. The predicted molar refractivity (Wildman–Crippen MR) is 105 cm³/mol. The van der Waals surface area contributed by atoms with Gasteiger partial charge in [0.25, 0.3) is 5.91 Å². The van der Waals surface area contributed by atoms with Gasteiger partial charge in [-0.15, -0.1) is 12.4 Å². The van der Waals surface area contributed by atoms with Crippen LogP contribution in [0.4, 0.5) is 0 Å². The molecule has 7 heteroatoms. The highest BCUT2D eigenvalue weighted by Gasteiger charge is 2.29. The number of carbonyl (C=O) groups is 1. The Balaban J connectivity index is 0.00000243. The molecule has 1 saturated heterocycles. The van der Waals surface area contributed by atoms with Crippen LogP contribution in [0.15, 0.2) is 48.5 Å². The molecule has 2 aromatic rings. The molecule has 0 radical (unpaired) electrons. The van der Waals surface area contributed by atoms with E-state index in [0.717, 1.165) is 17.9 Å². The largest absolute Gasteiger partial charge is 0.497 e. The zero-order valence-corrected chi connectivity index (χ0v) is 16.1. The molecule has 1 atom stereocenters. The van der Waals surface area contributed by atoms with Gasteiger partial charge >= 0.3 is 0 Å². The first-order valence-electron chi connectivity index (χ1n) is 8.20. The van der Waals surface area contributed by atoms with Gasteiger partial charge in [-0.1, -0.05) is 29.8 Å². The van der Waals surface area contributed by atoms with E-state index in [1.165, 1.54) is 0 Å². The Morgan fingerprint density at radius 3 is 2.58 bits per heavy atom. The van der Waals surface area contributed by atoms with E-state index < -0.39 is 0 Å². The number of ether oxygens (including phenoxy) is 2. The van der Waals surface area contributed by atoms with E-state index >= 15 is 0 Å². The highest BCUT2D eigenvalue weighted by Crippen LogP contribution is 2.28. The van der Waals surface area contributed by atoms with E-state index in [0.29, 0.717) is 23.9 Å². The summed E-state index contributed by atoms with van der Waals surface area (Å²) in [6.07, 6.45) is 0. The normalized spacial score (nSPS) is 16.5. The molecule has 26 heavy (non-hydrogen) atoms. The van der Waals surface area contributed by atoms with Gasteiger partial charge in [0.15, 0.2) is 6.61 Å². The number of halogens is 2. The number of hydrogen-bond acceptors (Lipinski definition) is 4. The molecule has 140 valence electrons. The van der Waals surface area contributed by atoms with Crippen molar-refractivity contribution in [3.8, 4) is 11.5 Å². The second-order valence-corrected chi connectivity index (χ2v) is 6.20. The lowest BCUT2D eigenvalue weighted by Gasteiger charge is -2.36. The molecule has 0 aromatic heterocycles. The van der Waals surface area contributed by atoms with Crippen molar-refractivity contribution in [1.82, 2.24) is 10.2 Å². The summed E-state index contributed by atoms with van der Waals surface area (Å²) in [5.41, 5.74) is 0.953. The average Bonchev–Trinajstić information content (AvgIpc) is 2.67. The number of nitrogens with zero attached hydrogens (tertiary/aromatic N) is 1. The van der Waals surface area contributed by atoms with Gasteiger partial charge in [0, 0.05) is 24.7 Å². The van der Waals surface area contributed by atoms with Crippen LogP contribution >= 0.6 is 24.0 Å². The fourth-order valence-corrected chi connectivity index (χ4v) is 3.19. The summed E-state index contributed by atoms with van der Waals surface area (Å²) in [4.78, 5) is 14.5. The van der Waals surface area contributed by atoms with Gasteiger partial charge in [-0.3, -0.25) is 4.79 Å². The first kappa shape index (κ1) is 20.4. The van der Waals surface area contributed by atoms with Gasteiger partial charge in [0.1, 0.15) is 11.5 Å². The smallest absolute Gasteiger partial charge is 0.261 e. The van der Waals surface area contributed by atoms with E-state index in [1.807, 2.05) is 29.2 Å². The van der Waals surface area contributed by atoms with Crippen LogP contribution in [0.3, 0.4) is 0 Å². The number of methoxy groups -OCH3 is 1. The third kappa shape index (κ3) is 4.81. The number of piperazine rings is 1. The molecule has 0 aliphatic carbocycles. The summed E-state index contributed by atoms with van der Waals surface area (Å²) in [6.45, 7) is 2.06. The van der Waals surface area contributed by atoms with E-state index in [4.69, 9.17) is 21.1 Å². The van der Waals surface area contributed by atoms with Crippen molar-refractivity contribution in [3.05, 3.63) is 59.1 Å². The summed E-state index contributed by atoms with van der Waals surface area (Å²) in [6, 6.07) is 14.7. The zero-order valence-electron chi connectivity index (χ0n) is 14.5. The standard InChI is InChI=1S/C19H21ClN2O3.ClH/c1-24-14-6-8-15(9-7-14)25-13-19(23)22-11-10-21-12-18(22)16-4-2-3-5-17(16)20;/h2-9,18,21H,10-13H2,1H3;1H. The number of benzene rings is 2. The SMILES string of the molecule is COc1ccc(OCC(=O)N2CCNCC2c2ccccc2Cl)cc1.Cl. The maximum Gasteiger partial charge on any atom is 0.261 e. The van der Waals surface area contributed by atoms with E-state index in [-0.39, 0.29) is 31.0 Å². The van der Waals surface area contributed by atoms with Crippen molar-refractivity contribution >= 4 is 29.9 Å². The fourth-order valence-electron chi connectivity index (χ4n) is 2.93. The summed E-state index contributed by atoms with van der Waals surface area (Å²) in [5.74, 6) is 1.33. The molecule has 5 nitrogen and oxygen atoms in total. The molecule has 1 aliphatic heterocycles. The topological polar surface area (TPSA) is 50.8 Å². The van der Waals surface area contributed by atoms with Gasteiger partial charge in [-0.25, -0.2) is 0 Å². The third-order valence-electron chi connectivity index (χ3n) is 4.25. The maximum atomic E-state index is 12.7. The van der Waals surface area contributed by atoms with Crippen LogP contribution < -0.4 is 14.8 Å². The molecule has 1 N–H and O–H groups in total. The van der Waals surface area contributed by atoms with Gasteiger partial charge < -0.3 is 19.7 Å². The summed E-state index contributed by atoms with van der Waals surface area (Å²) >= 11 is 6.32. The summed E-state index contributed by atoms with van der Waals surface area (Å²) < 4.78 is 10.7. The van der Waals surface area contributed by atoms with E-state index in [9.17, 15) is 4.79 Å². The highest BCUT2D eigenvalue weighted by molar-refractivity contribution is 6.31. The van der Waals surface area contributed by atoms with Crippen LogP contribution in [0.1, 0.15) is 11.6 Å². The summed E-state index contributed by atoms with van der Waals surface area (Å²) in [7, 11) is 1.61. The van der Waals surface area contributed by atoms with Crippen LogP contribution in [-0.4, -0.2) is 44.2 Å². The monoisotopic (exact) mass is 396 g/mol.